The smallest absolute Gasteiger partial charge is 0.305 e. The van der Waals surface area contributed by atoms with Crippen LogP contribution in [0.3, 0.4) is 0 Å². The van der Waals surface area contributed by atoms with E-state index in [2.05, 4.69) is 15.9 Å². The number of aliphatic carboxylic acids is 1. The summed E-state index contributed by atoms with van der Waals surface area (Å²) < 4.78 is 14.1. The van der Waals surface area contributed by atoms with Gasteiger partial charge in [0.25, 0.3) is 0 Å². The predicted octanol–water partition coefficient (Wildman–Crippen LogP) is 3.45. The average Bonchev–Trinajstić information content (AvgIpc) is 2.32. The Morgan fingerprint density at radius 2 is 2.06 bits per heavy atom. The van der Waals surface area contributed by atoms with Crippen molar-refractivity contribution in [3.05, 3.63) is 34.1 Å². The second-order valence-corrected chi connectivity index (χ2v) is 4.86. The molecule has 0 heterocycles. The van der Waals surface area contributed by atoms with E-state index >= 15 is 0 Å². The number of carbonyl (C=O) groups is 1. The molecular formula is C13H17BrFNO2. The Kier molecular flexibility index (Phi) is 5.75. The molecule has 1 aromatic rings. The van der Waals surface area contributed by atoms with Gasteiger partial charge in [0.2, 0.25) is 0 Å². The summed E-state index contributed by atoms with van der Waals surface area (Å²) in [5, 5.41) is 9.01. The Labute approximate surface area is 115 Å². The summed E-state index contributed by atoms with van der Waals surface area (Å²) in [4.78, 5) is 13.0. The van der Waals surface area contributed by atoms with Crippen LogP contribution in [0.25, 0.3) is 0 Å². The quantitative estimate of drug-likeness (QED) is 0.873. The topological polar surface area (TPSA) is 40.5 Å². The van der Waals surface area contributed by atoms with Gasteiger partial charge in [-0.1, -0.05) is 29.8 Å². The van der Waals surface area contributed by atoms with Gasteiger partial charge in [-0.3, -0.25) is 9.69 Å². The first kappa shape index (κ1) is 15.1. The van der Waals surface area contributed by atoms with Gasteiger partial charge < -0.3 is 5.11 Å². The molecule has 0 aliphatic rings. The molecule has 0 aromatic heterocycles. The summed E-state index contributed by atoms with van der Waals surface area (Å²) >= 11 is 3.36. The van der Waals surface area contributed by atoms with Crippen LogP contribution < -0.4 is 0 Å². The van der Waals surface area contributed by atoms with Gasteiger partial charge in [0.15, 0.2) is 0 Å². The number of nitrogens with zero attached hydrogens (tertiary/aromatic N) is 1. The predicted molar refractivity (Wildman–Crippen MR) is 72.0 cm³/mol. The van der Waals surface area contributed by atoms with Crippen molar-refractivity contribution in [1.29, 1.82) is 0 Å². The van der Waals surface area contributed by atoms with Crippen LogP contribution in [0.1, 0.15) is 31.9 Å². The first-order chi connectivity index (χ1) is 8.49. The average molecular weight is 318 g/mol. The molecule has 1 N–H and O–H groups in total. The van der Waals surface area contributed by atoms with Gasteiger partial charge >= 0.3 is 5.97 Å². The maximum atomic E-state index is 13.3. The highest BCUT2D eigenvalue weighted by atomic mass is 79.9. The van der Waals surface area contributed by atoms with Crippen molar-refractivity contribution in [3.63, 3.8) is 0 Å². The molecule has 0 spiro atoms. The molecule has 0 saturated carbocycles. The molecular weight excluding hydrogens is 301 g/mol. The Morgan fingerprint density at radius 3 is 2.56 bits per heavy atom. The largest absolute Gasteiger partial charge is 0.481 e. The van der Waals surface area contributed by atoms with Crippen LogP contribution in [-0.4, -0.2) is 29.1 Å². The fourth-order valence-electron chi connectivity index (χ4n) is 2.04. The van der Waals surface area contributed by atoms with E-state index in [4.69, 9.17) is 5.11 Å². The third-order valence-electron chi connectivity index (χ3n) is 2.94. The van der Waals surface area contributed by atoms with Gasteiger partial charge in [0, 0.05) is 10.5 Å². The molecule has 3 nitrogen and oxygen atoms in total. The molecule has 0 aliphatic heterocycles. The van der Waals surface area contributed by atoms with E-state index in [-0.39, 0.29) is 18.3 Å². The second kappa shape index (κ2) is 6.85. The SMILES string of the molecule is CCN(CC)C(CC(=O)O)c1cc(F)ccc1Br. The van der Waals surface area contributed by atoms with Crippen molar-refractivity contribution in [2.45, 2.75) is 26.3 Å². The lowest BCUT2D eigenvalue weighted by Crippen LogP contribution is -2.30. The summed E-state index contributed by atoms with van der Waals surface area (Å²) in [6, 6.07) is 4.05. The Hall–Kier alpha value is -0.940. The summed E-state index contributed by atoms with van der Waals surface area (Å²) in [7, 11) is 0. The highest BCUT2D eigenvalue weighted by Crippen LogP contribution is 2.31. The number of carboxylic acid groups (broad SMARTS) is 1. The van der Waals surface area contributed by atoms with E-state index in [0.717, 1.165) is 17.6 Å². The lowest BCUT2D eigenvalue weighted by Gasteiger charge is -2.29. The van der Waals surface area contributed by atoms with Crippen molar-refractivity contribution in [1.82, 2.24) is 4.90 Å². The normalized spacial score (nSPS) is 12.7. The third-order valence-corrected chi connectivity index (χ3v) is 3.66. The van der Waals surface area contributed by atoms with Crippen LogP contribution in [0, 0.1) is 5.82 Å². The number of halogens is 2. The lowest BCUT2D eigenvalue weighted by atomic mass is 10.0. The first-order valence-corrected chi connectivity index (χ1v) is 6.69. The molecule has 0 radical (unpaired) electrons. The zero-order valence-electron chi connectivity index (χ0n) is 10.5. The van der Waals surface area contributed by atoms with E-state index < -0.39 is 5.97 Å². The zero-order valence-corrected chi connectivity index (χ0v) is 12.1. The molecule has 0 fully saturated rings. The van der Waals surface area contributed by atoms with Crippen molar-refractivity contribution in [2.24, 2.45) is 0 Å². The lowest BCUT2D eigenvalue weighted by molar-refractivity contribution is -0.138. The summed E-state index contributed by atoms with van der Waals surface area (Å²) in [6.45, 7) is 5.37. The van der Waals surface area contributed by atoms with Gasteiger partial charge in [-0.05, 0) is 36.9 Å². The fourth-order valence-corrected chi connectivity index (χ4v) is 2.55. The van der Waals surface area contributed by atoms with Crippen LogP contribution in [0.2, 0.25) is 0 Å². The van der Waals surface area contributed by atoms with Crippen molar-refractivity contribution in [3.8, 4) is 0 Å². The number of hydrogen-bond acceptors (Lipinski definition) is 2. The van der Waals surface area contributed by atoms with E-state index in [1.807, 2.05) is 18.7 Å². The number of rotatable bonds is 6. The maximum absolute atomic E-state index is 13.3. The van der Waals surface area contributed by atoms with Gasteiger partial charge in [-0.15, -0.1) is 0 Å². The monoisotopic (exact) mass is 317 g/mol. The molecule has 18 heavy (non-hydrogen) atoms. The second-order valence-electron chi connectivity index (χ2n) is 4.00. The molecule has 0 bridgehead atoms. The van der Waals surface area contributed by atoms with Gasteiger partial charge in [-0.25, -0.2) is 4.39 Å². The minimum Gasteiger partial charge on any atom is -0.481 e. The molecule has 1 aromatic carbocycles. The standard InChI is InChI=1S/C13H17BrFNO2/c1-3-16(4-2)12(8-13(17)18)10-7-9(15)5-6-11(10)14/h5-7,12H,3-4,8H2,1-2H3,(H,17,18). The zero-order chi connectivity index (χ0) is 13.7. The van der Waals surface area contributed by atoms with Gasteiger partial charge in [0.1, 0.15) is 5.82 Å². The van der Waals surface area contributed by atoms with E-state index in [9.17, 15) is 9.18 Å². The molecule has 0 saturated heterocycles. The molecule has 1 unspecified atom stereocenters. The van der Waals surface area contributed by atoms with Crippen LogP contribution in [0.5, 0.6) is 0 Å². The molecule has 0 aliphatic carbocycles. The van der Waals surface area contributed by atoms with E-state index in [1.54, 1.807) is 6.07 Å². The van der Waals surface area contributed by atoms with E-state index in [1.165, 1.54) is 12.1 Å². The summed E-state index contributed by atoms with van der Waals surface area (Å²) in [5.74, 6) is -1.24. The highest BCUT2D eigenvalue weighted by molar-refractivity contribution is 9.10. The molecule has 100 valence electrons. The Bertz CT molecular complexity index is 421. The number of hydrogen-bond donors (Lipinski definition) is 1. The Morgan fingerprint density at radius 1 is 1.44 bits per heavy atom. The Balaban J connectivity index is 3.15. The van der Waals surface area contributed by atoms with Gasteiger partial charge in [-0.2, -0.15) is 0 Å². The minimum atomic E-state index is -0.886. The highest BCUT2D eigenvalue weighted by Gasteiger charge is 2.23. The summed E-state index contributed by atoms with van der Waals surface area (Å²) in [6.07, 6.45) is -0.0380. The number of carboxylic acids is 1. The fraction of sp³-hybridized carbons (Fsp3) is 0.462. The number of benzene rings is 1. The first-order valence-electron chi connectivity index (χ1n) is 5.90. The third kappa shape index (κ3) is 3.78. The van der Waals surface area contributed by atoms with Crippen LogP contribution >= 0.6 is 15.9 Å². The van der Waals surface area contributed by atoms with Crippen molar-refractivity contribution in [2.75, 3.05) is 13.1 Å². The van der Waals surface area contributed by atoms with Crippen molar-refractivity contribution >= 4 is 21.9 Å². The summed E-state index contributed by atoms with van der Waals surface area (Å²) in [5.41, 5.74) is 0.682. The molecule has 1 rings (SSSR count). The maximum Gasteiger partial charge on any atom is 0.305 e. The minimum absolute atomic E-state index is 0.0380. The molecule has 5 heteroatoms. The molecule has 0 amide bonds. The van der Waals surface area contributed by atoms with Gasteiger partial charge in [0.05, 0.1) is 6.42 Å². The van der Waals surface area contributed by atoms with Crippen molar-refractivity contribution < 1.29 is 14.3 Å². The van der Waals surface area contributed by atoms with Crippen LogP contribution in [0.4, 0.5) is 4.39 Å². The van der Waals surface area contributed by atoms with Crippen LogP contribution in [-0.2, 0) is 4.79 Å². The molecule has 1 atom stereocenters. The van der Waals surface area contributed by atoms with E-state index in [0.29, 0.717) is 5.56 Å². The van der Waals surface area contributed by atoms with Crippen LogP contribution in [0.15, 0.2) is 22.7 Å².